The van der Waals surface area contributed by atoms with Gasteiger partial charge in [-0.25, -0.2) is 14.4 Å². The summed E-state index contributed by atoms with van der Waals surface area (Å²) in [5.74, 6) is 0.730. The smallest absolute Gasteiger partial charge is 0.355 e. The van der Waals surface area contributed by atoms with E-state index >= 15 is 0 Å². The summed E-state index contributed by atoms with van der Waals surface area (Å²) in [5, 5.41) is 0. The third kappa shape index (κ3) is 4.23. The van der Waals surface area contributed by atoms with E-state index in [1.807, 2.05) is 0 Å². The van der Waals surface area contributed by atoms with Crippen molar-refractivity contribution in [2.45, 2.75) is 27.7 Å². The summed E-state index contributed by atoms with van der Waals surface area (Å²) in [6, 6.07) is 2.35. The van der Waals surface area contributed by atoms with Crippen LogP contribution in [0.4, 0.5) is 0 Å². The van der Waals surface area contributed by atoms with Crippen LogP contribution in [0.3, 0.4) is 0 Å². The van der Waals surface area contributed by atoms with Gasteiger partial charge in [0.25, 0.3) is 5.56 Å². The van der Waals surface area contributed by atoms with E-state index in [0.717, 1.165) is 16.8 Å². The SMILES string of the molecule is CC#Cn1c(=O)c(C)cn(/C(=C\C(=O)OCC)C(=O)OCC)c1=O. The van der Waals surface area contributed by atoms with Gasteiger partial charge in [-0.2, -0.15) is 4.57 Å². The summed E-state index contributed by atoms with van der Waals surface area (Å²) in [4.78, 5) is 48.2. The quantitative estimate of drug-likeness (QED) is 0.431. The van der Waals surface area contributed by atoms with Gasteiger partial charge in [0.1, 0.15) is 5.70 Å². The van der Waals surface area contributed by atoms with Gasteiger partial charge < -0.3 is 9.47 Å². The van der Waals surface area contributed by atoms with Crippen molar-refractivity contribution in [2.24, 2.45) is 0 Å². The first-order valence-electron chi connectivity index (χ1n) is 7.21. The third-order valence-electron chi connectivity index (χ3n) is 2.77. The lowest BCUT2D eigenvalue weighted by molar-refractivity contribution is -0.139. The first-order chi connectivity index (χ1) is 11.4. The molecule has 0 saturated carbocycles. The molecule has 0 N–H and O–H groups in total. The number of hydrogen-bond acceptors (Lipinski definition) is 6. The summed E-state index contributed by atoms with van der Waals surface area (Å²) >= 11 is 0. The number of aryl methyl sites for hydroxylation is 1. The molecule has 1 aromatic rings. The molecule has 128 valence electrons. The Labute approximate surface area is 138 Å². The van der Waals surface area contributed by atoms with Crippen LogP contribution in [-0.2, 0) is 19.1 Å². The molecule has 0 spiro atoms. The summed E-state index contributed by atoms with van der Waals surface area (Å²) in [5.41, 5.74) is -1.69. The zero-order valence-electron chi connectivity index (χ0n) is 13.9. The van der Waals surface area contributed by atoms with Crippen molar-refractivity contribution in [3.05, 3.63) is 38.7 Å². The van der Waals surface area contributed by atoms with E-state index in [4.69, 9.17) is 9.47 Å². The van der Waals surface area contributed by atoms with Gasteiger partial charge in [0.15, 0.2) is 0 Å². The molecular weight excluding hydrogens is 316 g/mol. The van der Waals surface area contributed by atoms with Gasteiger partial charge >= 0.3 is 17.6 Å². The van der Waals surface area contributed by atoms with Crippen molar-refractivity contribution >= 4 is 17.6 Å². The lowest BCUT2D eigenvalue weighted by atomic mass is 10.3. The maximum atomic E-state index is 12.4. The van der Waals surface area contributed by atoms with Crippen LogP contribution in [-0.4, -0.2) is 34.3 Å². The molecular formula is C16H18N2O6. The molecule has 8 heteroatoms. The Balaban J connectivity index is 3.68. The highest BCUT2D eigenvalue weighted by molar-refractivity contribution is 6.14. The van der Waals surface area contributed by atoms with E-state index in [2.05, 4.69) is 12.0 Å². The van der Waals surface area contributed by atoms with E-state index in [-0.39, 0.29) is 24.5 Å². The number of aromatic nitrogens is 2. The molecule has 24 heavy (non-hydrogen) atoms. The van der Waals surface area contributed by atoms with Crippen LogP contribution in [0.5, 0.6) is 0 Å². The van der Waals surface area contributed by atoms with Crippen LogP contribution < -0.4 is 11.2 Å². The fourth-order valence-corrected chi connectivity index (χ4v) is 1.79. The Morgan fingerprint density at radius 1 is 1.21 bits per heavy atom. The van der Waals surface area contributed by atoms with Crippen LogP contribution in [0.1, 0.15) is 26.3 Å². The maximum Gasteiger partial charge on any atom is 0.355 e. The minimum atomic E-state index is -0.901. The van der Waals surface area contributed by atoms with Crippen LogP contribution in [0.15, 0.2) is 21.9 Å². The van der Waals surface area contributed by atoms with Gasteiger partial charge in [-0.3, -0.25) is 9.36 Å². The van der Waals surface area contributed by atoms with Crippen molar-refractivity contribution in [3.63, 3.8) is 0 Å². The number of rotatable bonds is 5. The van der Waals surface area contributed by atoms with E-state index in [1.54, 1.807) is 13.8 Å². The number of ether oxygens (including phenoxy) is 2. The maximum absolute atomic E-state index is 12.4. The number of hydrogen-bond donors (Lipinski definition) is 0. The summed E-state index contributed by atoms with van der Waals surface area (Å²) in [6.07, 6.45) is 2.00. The molecule has 1 heterocycles. The Morgan fingerprint density at radius 3 is 2.38 bits per heavy atom. The van der Waals surface area contributed by atoms with Crippen molar-refractivity contribution in [2.75, 3.05) is 13.2 Å². The highest BCUT2D eigenvalue weighted by atomic mass is 16.5. The van der Waals surface area contributed by atoms with Gasteiger partial charge in [0, 0.05) is 17.8 Å². The molecule has 0 atom stereocenters. The second kappa shape index (κ2) is 8.53. The van der Waals surface area contributed by atoms with Crippen LogP contribution in [0.2, 0.25) is 0 Å². The van der Waals surface area contributed by atoms with E-state index in [9.17, 15) is 19.2 Å². The third-order valence-corrected chi connectivity index (χ3v) is 2.77. The molecule has 0 amide bonds. The minimum absolute atomic E-state index is 0.0428. The van der Waals surface area contributed by atoms with Gasteiger partial charge in [0.2, 0.25) is 0 Å². The predicted molar refractivity (Wildman–Crippen MR) is 86.1 cm³/mol. The second-order valence-electron chi connectivity index (χ2n) is 4.47. The first-order valence-corrected chi connectivity index (χ1v) is 7.21. The lowest BCUT2D eigenvalue weighted by Gasteiger charge is -2.11. The highest BCUT2D eigenvalue weighted by Gasteiger charge is 2.19. The highest BCUT2D eigenvalue weighted by Crippen LogP contribution is 2.06. The standard InChI is InChI=1S/C16H18N2O6/c1-5-8-17-14(20)11(4)10-18(16(17)22)12(15(21)24-7-3)9-13(19)23-6-2/h9-10H,6-7H2,1-4H3/b12-9-. The van der Waals surface area contributed by atoms with Gasteiger partial charge in [-0.1, -0.05) is 5.92 Å². The van der Waals surface area contributed by atoms with Crippen molar-refractivity contribution in [1.29, 1.82) is 0 Å². The van der Waals surface area contributed by atoms with Crippen molar-refractivity contribution < 1.29 is 19.1 Å². The average molecular weight is 334 g/mol. The Morgan fingerprint density at radius 2 is 1.83 bits per heavy atom. The Hall–Kier alpha value is -3.08. The molecule has 0 saturated heterocycles. The molecule has 0 aliphatic carbocycles. The molecule has 8 nitrogen and oxygen atoms in total. The molecule has 0 aliphatic rings. The largest absolute Gasteiger partial charge is 0.463 e. The molecule has 0 aromatic carbocycles. The zero-order valence-corrected chi connectivity index (χ0v) is 13.9. The predicted octanol–water partition coefficient (Wildman–Crippen LogP) is 0.114. The molecule has 1 rings (SSSR count). The molecule has 0 unspecified atom stereocenters. The second-order valence-corrected chi connectivity index (χ2v) is 4.47. The van der Waals surface area contributed by atoms with Crippen molar-refractivity contribution in [1.82, 2.24) is 9.13 Å². The summed E-state index contributed by atoms with van der Waals surface area (Å²) < 4.78 is 11.1. The average Bonchev–Trinajstić information content (AvgIpc) is 2.53. The molecule has 1 aromatic heterocycles. The Kier molecular flexibility index (Phi) is 6.74. The fourth-order valence-electron chi connectivity index (χ4n) is 1.79. The number of nitrogens with zero attached hydrogens (tertiary/aromatic N) is 2. The van der Waals surface area contributed by atoms with Gasteiger partial charge in [0.05, 0.1) is 19.3 Å². The Bertz CT molecular complexity index is 848. The fraction of sp³-hybridized carbons (Fsp3) is 0.375. The topological polar surface area (TPSA) is 96.6 Å². The number of carbonyl (C=O) groups is 2. The molecule has 0 aliphatic heterocycles. The molecule has 0 fully saturated rings. The van der Waals surface area contributed by atoms with Gasteiger partial charge in [-0.15, -0.1) is 0 Å². The van der Waals surface area contributed by atoms with E-state index in [1.165, 1.54) is 13.8 Å². The molecule has 0 radical (unpaired) electrons. The van der Waals surface area contributed by atoms with Crippen LogP contribution >= 0.6 is 0 Å². The zero-order chi connectivity index (χ0) is 18.3. The number of esters is 2. The summed E-state index contributed by atoms with van der Waals surface area (Å²) in [7, 11) is 0. The number of carbonyl (C=O) groups excluding carboxylic acids is 2. The van der Waals surface area contributed by atoms with E-state index < -0.39 is 23.2 Å². The van der Waals surface area contributed by atoms with Crippen molar-refractivity contribution in [3.8, 4) is 12.0 Å². The molecule has 0 bridgehead atoms. The minimum Gasteiger partial charge on any atom is -0.463 e. The monoisotopic (exact) mass is 334 g/mol. The van der Waals surface area contributed by atoms with Crippen LogP contribution in [0, 0.1) is 18.9 Å². The van der Waals surface area contributed by atoms with Crippen LogP contribution in [0.25, 0.3) is 5.70 Å². The lowest BCUT2D eigenvalue weighted by Crippen LogP contribution is -2.39. The van der Waals surface area contributed by atoms with E-state index in [0.29, 0.717) is 4.57 Å². The normalized spacial score (nSPS) is 10.6. The summed E-state index contributed by atoms with van der Waals surface area (Å²) in [6.45, 7) is 6.24. The van der Waals surface area contributed by atoms with Gasteiger partial charge in [-0.05, 0) is 27.7 Å². The first kappa shape index (κ1) is 19.0.